The Hall–Kier alpha value is -2.11. The second kappa shape index (κ2) is 8.66. The van der Waals surface area contributed by atoms with Crippen molar-refractivity contribution < 1.29 is 9.59 Å². The first-order valence-corrected chi connectivity index (χ1v) is 8.39. The zero-order chi connectivity index (χ0) is 17.5. The summed E-state index contributed by atoms with van der Waals surface area (Å²) in [7, 11) is 0. The van der Waals surface area contributed by atoms with Gasteiger partial charge in [0.1, 0.15) is 0 Å². The Balaban J connectivity index is 1.85. The average molecular weight is 408 g/mol. The van der Waals surface area contributed by atoms with Crippen LogP contribution in [0, 0.1) is 6.92 Å². The molecule has 6 heteroatoms. The number of anilines is 1. The van der Waals surface area contributed by atoms with E-state index >= 15 is 0 Å². The lowest BCUT2D eigenvalue weighted by Crippen LogP contribution is -2.31. The molecule has 2 amide bonds. The second-order valence-electron chi connectivity index (χ2n) is 5.08. The number of amides is 2. The number of halogens is 2. The molecule has 0 heterocycles. The Kier molecular flexibility index (Phi) is 6.58. The van der Waals surface area contributed by atoms with Gasteiger partial charge in [0.05, 0.1) is 6.54 Å². The number of carbonyl (C=O) groups is 2. The van der Waals surface area contributed by atoms with Gasteiger partial charge in [-0.15, -0.1) is 0 Å². The van der Waals surface area contributed by atoms with Crippen LogP contribution in [0.1, 0.15) is 11.1 Å². The van der Waals surface area contributed by atoms with Crippen LogP contribution in [0.25, 0.3) is 6.08 Å². The molecule has 0 aliphatic carbocycles. The highest BCUT2D eigenvalue weighted by atomic mass is 79.9. The van der Waals surface area contributed by atoms with Gasteiger partial charge in [0.25, 0.3) is 0 Å². The molecule has 124 valence electrons. The third-order valence-electron chi connectivity index (χ3n) is 3.21. The van der Waals surface area contributed by atoms with E-state index in [1.165, 1.54) is 6.08 Å². The first-order valence-electron chi connectivity index (χ1n) is 7.22. The summed E-state index contributed by atoms with van der Waals surface area (Å²) in [4.78, 5) is 23.7. The summed E-state index contributed by atoms with van der Waals surface area (Å²) < 4.78 is 0.941. The smallest absolute Gasteiger partial charge is 0.244 e. The minimum absolute atomic E-state index is 0.110. The van der Waals surface area contributed by atoms with Crippen molar-refractivity contribution in [3.05, 3.63) is 69.2 Å². The van der Waals surface area contributed by atoms with Crippen LogP contribution in [0.15, 0.2) is 53.0 Å². The molecule has 24 heavy (non-hydrogen) atoms. The fourth-order valence-electron chi connectivity index (χ4n) is 1.96. The van der Waals surface area contributed by atoms with E-state index in [4.69, 9.17) is 11.6 Å². The SMILES string of the molecule is Cc1cc(Br)ccc1NC(=O)CNC(=O)/C=C/c1ccccc1Cl. The Bertz CT molecular complexity index is 790. The number of nitrogens with one attached hydrogen (secondary N) is 2. The summed E-state index contributed by atoms with van der Waals surface area (Å²) in [6.07, 6.45) is 2.95. The maximum atomic E-state index is 11.9. The fraction of sp³-hybridized carbons (Fsp3) is 0.111. The molecule has 2 aromatic carbocycles. The van der Waals surface area contributed by atoms with Crippen molar-refractivity contribution in [3.63, 3.8) is 0 Å². The molecule has 0 saturated heterocycles. The van der Waals surface area contributed by atoms with Gasteiger partial charge in [-0.1, -0.05) is 45.7 Å². The minimum Gasteiger partial charge on any atom is -0.343 e. The molecule has 0 fully saturated rings. The predicted molar refractivity (Wildman–Crippen MR) is 101 cm³/mol. The van der Waals surface area contributed by atoms with Crippen molar-refractivity contribution in [2.75, 3.05) is 11.9 Å². The highest BCUT2D eigenvalue weighted by molar-refractivity contribution is 9.10. The number of carbonyl (C=O) groups excluding carboxylic acids is 2. The zero-order valence-electron chi connectivity index (χ0n) is 13.0. The number of hydrogen-bond acceptors (Lipinski definition) is 2. The summed E-state index contributed by atoms with van der Waals surface area (Å²) in [6.45, 7) is 1.78. The molecule has 0 aliphatic rings. The van der Waals surface area contributed by atoms with Crippen LogP contribution in [0.2, 0.25) is 5.02 Å². The molecule has 0 aromatic heterocycles. The van der Waals surface area contributed by atoms with Crippen molar-refractivity contribution in [3.8, 4) is 0 Å². The zero-order valence-corrected chi connectivity index (χ0v) is 15.3. The normalized spacial score (nSPS) is 10.6. The largest absolute Gasteiger partial charge is 0.343 e. The third kappa shape index (κ3) is 5.51. The van der Waals surface area contributed by atoms with Crippen LogP contribution in [-0.2, 0) is 9.59 Å². The van der Waals surface area contributed by atoms with E-state index in [0.29, 0.717) is 10.7 Å². The van der Waals surface area contributed by atoms with Crippen LogP contribution in [0.3, 0.4) is 0 Å². The lowest BCUT2D eigenvalue weighted by atomic mass is 10.2. The van der Waals surface area contributed by atoms with Crippen LogP contribution in [-0.4, -0.2) is 18.4 Å². The molecule has 2 aromatic rings. The molecule has 4 nitrogen and oxygen atoms in total. The third-order valence-corrected chi connectivity index (χ3v) is 4.04. The number of rotatable bonds is 5. The van der Waals surface area contributed by atoms with Crippen LogP contribution < -0.4 is 10.6 Å². The van der Waals surface area contributed by atoms with Crippen molar-refractivity contribution in [1.82, 2.24) is 5.32 Å². The number of hydrogen-bond donors (Lipinski definition) is 2. The lowest BCUT2D eigenvalue weighted by Gasteiger charge is -2.09. The fourth-order valence-corrected chi connectivity index (χ4v) is 2.64. The van der Waals surface area contributed by atoms with Gasteiger partial charge >= 0.3 is 0 Å². The van der Waals surface area contributed by atoms with E-state index in [-0.39, 0.29) is 18.4 Å². The van der Waals surface area contributed by atoms with E-state index in [1.807, 2.05) is 31.2 Å². The van der Waals surface area contributed by atoms with Gasteiger partial charge in [0.2, 0.25) is 11.8 Å². The van der Waals surface area contributed by atoms with Gasteiger partial charge in [-0.05, 0) is 48.4 Å². The maximum absolute atomic E-state index is 11.9. The Morgan fingerprint density at radius 3 is 2.67 bits per heavy atom. The topological polar surface area (TPSA) is 58.2 Å². The summed E-state index contributed by atoms with van der Waals surface area (Å²) in [5.74, 6) is -0.655. The van der Waals surface area contributed by atoms with Crippen molar-refractivity contribution in [2.45, 2.75) is 6.92 Å². The predicted octanol–water partition coefficient (Wildman–Crippen LogP) is 4.18. The van der Waals surface area contributed by atoms with Gasteiger partial charge in [-0.25, -0.2) is 0 Å². The molecule has 0 unspecified atom stereocenters. The van der Waals surface area contributed by atoms with E-state index in [2.05, 4.69) is 26.6 Å². The first-order chi connectivity index (χ1) is 11.5. The monoisotopic (exact) mass is 406 g/mol. The van der Waals surface area contributed by atoms with Gasteiger partial charge in [0.15, 0.2) is 0 Å². The molecular formula is C18H16BrClN2O2. The van der Waals surface area contributed by atoms with E-state index in [1.54, 1.807) is 24.3 Å². The second-order valence-corrected chi connectivity index (χ2v) is 6.40. The molecule has 0 bridgehead atoms. The summed E-state index contributed by atoms with van der Waals surface area (Å²) in [5.41, 5.74) is 2.39. The van der Waals surface area contributed by atoms with Crippen molar-refractivity contribution in [2.24, 2.45) is 0 Å². The van der Waals surface area contributed by atoms with Crippen molar-refractivity contribution in [1.29, 1.82) is 0 Å². The minimum atomic E-state index is -0.363. The highest BCUT2D eigenvalue weighted by Crippen LogP contribution is 2.19. The number of benzene rings is 2. The summed E-state index contributed by atoms with van der Waals surface area (Å²) in [6, 6.07) is 12.7. The molecule has 2 rings (SSSR count). The van der Waals surface area contributed by atoms with E-state index in [0.717, 1.165) is 15.6 Å². The van der Waals surface area contributed by atoms with Gasteiger partial charge in [-0.3, -0.25) is 9.59 Å². The molecule has 0 saturated carbocycles. The average Bonchev–Trinajstić information content (AvgIpc) is 2.55. The van der Waals surface area contributed by atoms with Crippen LogP contribution in [0.4, 0.5) is 5.69 Å². The molecule has 0 radical (unpaired) electrons. The quantitative estimate of drug-likeness (QED) is 0.731. The summed E-state index contributed by atoms with van der Waals surface area (Å²) in [5, 5.41) is 5.85. The van der Waals surface area contributed by atoms with Crippen LogP contribution in [0.5, 0.6) is 0 Å². The maximum Gasteiger partial charge on any atom is 0.244 e. The Labute approximate surface area is 154 Å². The Morgan fingerprint density at radius 2 is 1.96 bits per heavy atom. The summed E-state index contributed by atoms with van der Waals surface area (Å²) >= 11 is 9.37. The van der Waals surface area contributed by atoms with Gasteiger partial charge < -0.3 is 10.6 Å². The van der Waals surface area contributed by atoms with Crippen molar-refractivity contribution >= 4 is 51.1 Å². The molecule has 0 aliphatic heterocycles. The molecule has 0 spiro atoms. The van der Waals surface area contributed by atoms with Crippen LogP contribution >= 0.6 is 27.5 Å². The first kappa shape index (κ1) is 18.2. The standard InChI is InChI=1S/C18H16BrClN2O2/c1-12-10-14(19)7-8-16(12)22-18(24)11-21-17(23)9-6-13-4-2-3-5-15(13)20/h2-10H,11H2,1H3,(H,21,23)(H,22,24)/b9-6+. The highest BCUT2D eigenvalue weighted by Gasteiger charge is 2.06. The Morgan fingerprint density at radius 1 is 1.21 bits per heavy atom. The van der Waals surface area contributed by atoms with Gasteiger partial charge in [-0.2, -0.15) is 0 Å². The van der Waals surface area contributed by atoms with E-state index in [9.17, 15) is 9.59 Å². The molecule has 0 atom stereocenters. The molecule has 2 N–H and O–H groups in total. The number of aryl methyl sites for hydroxylation is 1. The lowest BCUT2D eigenvalue weighted by molar-refractivity contribution is -0.121. The molecular weight excluding hydrogens is 392 g/mol. The van der Waals surface area contributed by atoms with E-state index < -0.39 is 0 Å². The van der Waals surface area contributed by atoms with Gasteiger partial charge in [0, 0.05) is 21.3 Å².